The number of carbonyl (C=O) groups is 11. The van der Waals surface area contributed by atoms with Crippen molar-refractivity contribution in [3.8, 4) is 0 Å². The van der Waals surface area contributed by atoms with Gasteiger partial charge >= 0.3 is 0 Å². The van der Waals surface area contributed by atoms with Crippen LogP contribution in [0, 0.1) is 35.0 Å². The van der Waals surface area contributed by atoms with Crippen LogP contribution in [0.5, 0.6) is 0 Å². The topological polar surface area (TPSA) is 279 Å². The van der Waals surface area contributed by atoms with Gasteiger partial charge in [0.05, 0.1) is 6.61 Å². The highest BCUT2D eigenvalue weighted by molar-refractivity contribution is 6.00. The van der Waals surface area contributed by atoms with Crippen molar-refractivity contribution in [2.45, 2.75) is 228 Å². The second-order valence-corrected chi connectivity index (χ2v) is 26.3. The first kappa shape index (κ1) is 73.1. The lowest BCUT2D eigenvalue weighted by Gasteiger charge is -2.50. The Labute approximate surface area is 505 Å². The maximum atomic E-state index is 15.5. The number of aliphatic hydroxyl groups is 1. The first-order valence-electron chi connectivity index (χ1n) is 30.3. The first-order chi connectivity index (χ1) is 39.3. The number of likely N-dealkylation sites (N-methyl/N-ethyl adjacent to an activating group) is 6. The largest absolute Gasteiger partial charge is 0.396 e. The standard InChI is InChI=1S/C61H105N11O13/c1-24-26-27-36(11)48-47-51(75)63-41(25-2)56(80)65(18)39(14)54(78)70(23)49(61(16,17)31-73)52(76)64-45(34(7)8)59(83)66(19)42(28-32(3)4)50(74)62-38(13)53(77)71-37(12)30-44(58(82)69(22)46(35(9)10)60(84)72(47)85-48)68(21)57(81)43(29-33(5)6)67(20)55(79)40(71)15/h24,26,32-49,73H,25,27-31H2,1-23H3,(H,62,74)(H,63,75)(H,64,76)/b26-24+/t36-,37?,38+,39-,40-,41+,42+,43+,44+,45+,46+,47+,48-,49-/m1/s1. The molecule has 0 radical (unpaired) electrons. The minimum absolute atomic E-state index is 0.0356. The van der Waals surface area contributed by atoms with E-state index in [-0.39, 0.29) is 43.4 Å². The van der Waals surface area contributed by atoms with E-state index in [4.69, 9.17) is 4.84 Å². The number of rotatable bonds is 12. The van der Waals surface area contributed by atoms with Crippen molar-refractivity contribution in [3.05, 3.63) is 12.2 Å². The van der Waals surface area contributed by atoms with Crippen molar-refractivity contribution in [3.63, 3.8) is 0 Å². The number of nitrogens with one attached hydrogen (secondary N) is 3. The fraction of sp³-hybridized carbons (Fsp3) is 0.787. The van der Waals surface area contributed by atoms with Crippen molar-refractivity contribution in [1.29, 1.82) is 0 Å². The Morgan fingerprint density at radius 1 is 0.588 bits per heavy atom. The van der Waals surface area contributed by atoms with Crippen LogP contribution in [0.15, 0.2) is 12.2 Å². The van der Waals surface area contributed by atoms with Gasteiger partial charge in [0.15, 0.2) is 6.04 Å². The average molecular weight is 1200 g/mol. The van der Waals surface area contributed by atoms with E-state index in [0.717, 1.165) is 14.9 Å². The molecule has 0 aromatic rings. The molecule has 0 aliphatic carbocycles. The van der Waals surface area contributed by atoms with Crippen LogP contribution < -0.4 is 16.0 Å². The highest BCUT2D eigenvalue weighted by Crippen LogP contribution is 2.34. The number of hydroxylamine groups is 2. The van der Waals surface area contributed by atoms with Crippen molar-refractivity contribution in [2.24, 2.45) is 35.0 Å². The van der Waals surface area contributed by atoms with E-state index >= 15 is 14.4 Å². The van der Waals surface area contributed by atoms with Crippen LogP contribution in [0.25, 0.3) is 0 Å². The van der Waals surface area contributed by atoms with Gasteiger partial charge in [-0.1, -0.05) is 95.2 Å². The third-order valence-corrected chi connectivity index (χ3v) is 17.4. The molecule has 24 heteroatoms. The lowest BCUT2D eigenvalue weighted by atomic mass is 9.83. The summed E-state index contributed by atoms with van der Waals surface area (Å²) in [6.45, 7) is 28.2. The molecule has 3 rings (SSSR count). The van der Waals surface area contributed by atoms with Gasteiger partial charge in [-0.15, -0.1) is 0 Å². The van der Waals surface area contributed by atoms with Crippen molar-refractivity contribution < 1.29 is 62.7 Å². The number of amides is 11. The molecule has 3 aliphatic heterocycles. The lowest BCUT2D eigenvalue weighted by Crippen LogP contribution is -2.72. The van der Waals surface area contributed by atoms with Gasteiger partial charge in [-0.3, -0.25) is 57.6 Å². The van der Waals surface area contributed by atoms with Crippen LogP contribution in [0.4, 0.5) is 0 Å². The Morgan fingerprint density at radius 2 is 1.13 bits per heavy atom. The van der Waals surface area contributed by atoms with Crippen molar-refractivity contribution >= 4 is 65.0 Å². The number of nitrogens with zero attached hydrogens (tertiary/aromatic N) is 8. The number of hydrogen-bond acceptors (Lipinski definition) is 13. The molecule has 3 saturated heterocycles. The zero-order valence-corrected chi connectivity index (χ0v) is 55.2. The fourth-order valence-electron chi connectivity index (χ4n) is 11.9. The number of aliphatic hydroxyl groups excluding tert-OH is 1. The van der Waals surface area contributed by atoms with E-state index in [1.54, 1.807) is 55.4 Å². The molecule has 2 bridgehead atoms. The monoisotopic (exact) mass is 1200 g/mol. The first-order valence-corrected chi connectivity index (χ1v) is 30.3. The van der Waals surface area contributed by atoms with Crippen LogP contribution in [0.1, 0.15) is 150 Å². The van der Waals surface area contributed by atoms with E-state index in [1.807, 2.05) is 53.7 Å². The van der Waals surface area contributed by atoms with Gasteiger partial charge in [-0.05, 0) is 96.3 Å². The maximum absolute atomic E-state index is 15.5. The Balaban J connectivity index is 2.43. The van der Waals surface area contributed by atoms with Gasteiger partial charge in [0.2, 0.25) is 59.1 Å². The van der Waals surface area contributed by atoms with Crippen LogP contribution in [-0.4, -0.2) is 237 Å². The summed E-state index contributed by atoms with van der Waals surface area (Å²) in [5.74, 6) is -9.55. The van der Waals surface area contributed by atoms with Gasteiger partial charge in [-0.2, -0.15) is 0 Å². The van der Waals surface area contributed by atoms with Crippen molar-refractivity contribution in [2.75, 3.05) is 48.9 Å². The van der Waals surface area contributed by atoms with E-state index in [1.165, 1.54) is 87.6 Å². The molecule has 4 N–H and O–H groups in total. The molecule has 0 aromatic heterocycles. The molecule has 3 aliphatic rings. The van der Waals surface area contributed by atoms with E-state index in [0.29, 0.717) is 6.42 Å². The number of carbonyl (C=O) groups excluding carboxylic acids is 11. The molecular formula is C61H105N11O13. The van der Waals surface area contributed by atoms with Crippen LogP contribution in [0.3, 0.4) is 0 Å². The summed E-state index contributed by atoms with van der Waals surface area (Å²) < 4.78 is 0. The summed E-state index contributed by atoms with van der Waals surface area (Å²) in [7, 11) is 8.46. The molecule has 85 heavy (non-hydrogen) atoms. The molecule has 14 atom stereocenters. The molecule has 11 amide bonds. The second-order valence-electron chi connectivity index (χ2n) is 26.3. The summed E-state index contributed by atoms with van der Waals surface area (Å²) in [5, 5.41) is 20.1. The van der Waals surface area contributed by atoms with Gasteiger partial charge in [0, 0.05) is 53.7 Å². The van der Waals surface area contributed by atoms with Crippen LogP contribution >= 0.6 is 0 Å². The summed E-state index contributed by atoms with van der Waals surface area (Å²) in [4.78, 5) is 179. The molecule has 0 saturated carbocycles. The minimum atomic E-state index is -1.44. The summed E-state index contributed by atoms with van der Waals surface area (Å²) >= 11 is 0. The molecular weight excluding hydrogens is 1090 g/mol. The second kappa shape index (κ2) is 30.5. The Hall–Kier alpha value is -6.17. The van der Waals surface area contributed by atoms with E-state index in [9.17, 15) is 43.5 Å². The Kier molecular flexibility index (Phi) is 26.2. The lowest BCUT2D eigenvalue weighted by molar-refractivity contribution is -0.321. The average Bonchev–Trinajstić information content (AvgIpc) is 2.11. The highest BCUT2D eigenvalue weighted by atomic mass is 16.7. The minimum Gasteiger partial charge on any atom is -0.396 e. The highest BCUT2D eigenvalue weighted by Gasteiger charge is 2.55. The van der Waals surface area contributed by atoms with Gasteiger partial charge in [0.1, 0.15) is 66.5 Å². The molecule has 0 spiro atoms. The zero-order valence-electron chi connectivity index (χ0n) is 55.2. The normalized spacial score (nSPS) is 30.4. The zero-order chi connectivity index (χ0) is 65.3. The maximum Gasteiger partial charge on any atom is 0.270 e. The molecule has 24 nitrogen and oxygen atoms in total. The molecule has 3 fully saturated rings. The third kappa shape index (κ3) is 16.5. The predicted octanol–water partition coefficient (Wildman–Crippen LogP) is 2.41. The molecule has 3 heterocycles. The Bertz CT molecular complexity index is 2470. The quantitative estimate of drug-likeness (QED) is 0.205. The van der Waals surface area contributed by atoms with Gasteiger partial charge in [-0.25, -0.2) is 5.06 Å². The Morgan fingerprint density at radius 3 is 1.64 bits per heavy atom. The van der Waals surface area contributed by atoms with E-state index < -0.39 is 167 Å². The molecule has 0 aromatic carbocycles. The summed E-state index contributed by atoms with van der Waals surface area (Å²) in [6, 6.07) is -15.1. The SMILES string of the molecule is C/C=C/C[C@@H](C)[C@H]1ON2C(=O)[C@H](C(C)C)N(C)C(=O)[C@@H]3CC(C)N(C(=O)[C@H](C)NC(=O)[C@H](CC(C)C)N(C)C(=O)[C@H](C(C)C)NC(=O)[C@H](C(C)(C)CO)N(C)C(=O)[C@@H](C)N(C)C(=O)[C@H](CC)NC(=O)[C@H]12)[C@H](C)C(=O)N(C)[C@@H](CC(C)C)C(=O)N3C. The van der Waals surface area contributed by atoms with Crippen LogP contribution in [0.2, 0.25) is 0 Å². The van der Waals surface area contributed by atoms with E-state index in [2.05, 4.69) is 16.0 Å². The number of fused-ring (bicyclic) bond motifs is 4. The number of hydrogen-bond donors (Lipinski definition) is 4. The van der Waals surface area contributed by atoms with Crippen molar-refractivity contribution in [1.82, 2.24) is 55.3 Å². The van der Waals surface area contributed by atoms with Crippen LogP contribution in [-0.2, 0) is 57.6 Å². The summed E-state index contributed by atoms with van der Waals surface area (Å²) in [5.41, 5.74) is -1.34. The molecule has 1 unspecified atom stereocenters. The summed E-state index contributed by atoms with van der Waals surface area (Å²) in [6.07, 6.45) is 3.37. The molecule has 482 valence electrons. The number of allylic oxidation sites excluding steroid dienone is 2. The smallest absolute Gasteiger partial charge is 0.270 e. The van der Waals surface area contributed by atoms with Gasteiger partial charge < -0.3 is 55.4 Å². The predicted molar refractivity (Wildman–Crippen MR) is 321 cm³/mol. The third-order valence-electron chi connectivity index (χ3n) is 17.4. The van der Waals surface area contributed by atoms with Gasteiger partial charge in [0.25, 0.3) is 5.91 Å². The fourth-order valence-corrected chi connectivity index (χ4v) is 11.9.